The Labute approximate surface area is 92.2 Å². The van der Waals surface area contributed by atoms with Crippen molar-refractivity contribution >= 4 is 29.1 Å². The summed E-state index contributed by atoms with van der Waals surface area (Å²) < 4.78 is 0. The topological polar surface area (TPSA) is 56.0 Å². The predicted molar refractivity (Wildman–Crippen MR) is 56.5 cm³/mol. The number of rotatable bonds is 3. The Bertz CT molecular complexity index is 334. The Kier molecular flexibility index (Phi) is 3.72. The van der Waals surface area contributed by atoms with Crippen molar-refractivity contribution in [1.29, 1.82) is 0 Å². The molecule has 0 radical (unpaired) electrons. The standard InChI is InChI=1S/C9H10Cl2N2O/c1-5(2-8(12)14)9-6(10)3-13-4-7(9)11/h3-5H,2H2,1H3,(H2,12,14). The van der Waals surface area contributed by atoms with E-state index in [0.29, 0.717) is 10.0 Å². The highest BCUT2D eigenvalue weighted by molar-refractivity contribution is 6.35. The molecule has 76 valence electrons. The average molecular weight is 233 g/mol. The molecule has 2 N–H and O–H groups in total. The van der Waals surface area contributed by atoms with E-state index in [1.165, 1.54) is 12.4 Å². The fourth-order valence-corrected chi connectivity index (χ4v) is 2.03. The number of pyridine rings is 1. The highest BCUT2D eigenvalue weighted by Crippen LogP contribution is 2.31. The van der Waals surface area contributed by atoms with E-state index in [0.717, 1.165) is 5.56 Å². The van der Waals surface area contributed by atoms with E-state index in [9.17, 15) is 4.79 Å². The fourth-order valence-electron chi connectivity index (χ4n) is 1.30. The molecule has 0 fully saturated rings. The minimum Gasteiger partial charge on any atom is -0.370 e. The third-order valence-corrected chi connectivity index (χ3v) is 2.49. The molecule has 0 saturated heterocycles. The number of nitrogens with two attached hydrogens (primary N) is 1. The molecule has 0 saturated carbocycles. The summed E-state index contributed by atoms with van der Waals surface area (Å²) in [6.45, 7) is 1.85. The highest BCUT2D eigenvalue weighted by atomic mass is 35.5. The van der Waals surface area contributed by atoms with Crippen molar-refractivity contribution < 1.29 is 4.79 Å². The third kappa shape index (κ3) is 2.59. The van der Waals surface area contributed by atoms with Gasteiger partial charge in [-0.1, -0.05) is 30.1 Å². The Morgan fingerprint density at radius 2 is 2.00 bits per heavy atom. The van der Waals surface area contributed by atoms with E-state index in [2.05, 4.69) is 4.98 Å². The van der Waals surface area contributed by atoms with Crippen LogP contribution in [-0.2, 0) is 4.79 Å². The second-order valence-corrected chi connectivity index (χ2v) is 3.90. The number of hydrogen-bond acceptors (Lipinski definition) is 2. The first kappa shape index (κ1) is 11.3. The van der Waals surface area contributed by atoms with Crippen LogP contribution >= 0.6 is 23.2 Å². The van der Waals surface area contributed by atoms with Crippen LogP contribution < -0.4 is 5.73 Å². The van der Waals surface area contributed by atoms with Crippen LogP contribution in [0.2, 0.25) is 10.0 Å². The number of carbonyl (C=O) groups is 1. The monoisotopic (exact) mass is 232 g/mol. The van der Waals surface area contributed by atoms with E-state index in [1.54, 1.807) is 0 Å². The Morgan fingerprint density at radius 1 is 1.50 bits per heavy atom. The van der Waals surface area contributed by atoms with Gasteiger partial charge in [-0.3, -0.25) is 9.78 Å². The van der Waals surface area contributed by atoms with E-state index in [1.807, 2.05) is 6.92 Å². The van der Waals surface area contributed by atoms with Crippen molar-refractivity contribution in [1.82, 2.24) is 4.98 Å². The third-order valence-electron chi connectivity index (χ3n) is 1.89. The zero-order valence-electron chi connectivity index (χ0n) is 7.63. The van der Waals surface area contributed by atoms with Crippen LogP contribution in [0.25, 0.3) is 0 Å². The van der Waals surface area contributed by atoms with E-state index >= 15 is 0 Å². The first-order valence-corrected chi connectivity index (χ1v) is 4.85. The van der Waals surface area contributed by atoms with Gasteiger partial charge >= 0.3 is 0 Å². The maximum atomic E-state index is 10.7. The quantitative estimate of drug-likeness (QED) is 0.871. The molecule has 5 heteroatoms. The normalized spacial score (nSPS) is 12.5. The first-order valence-electron chi connectivity index (χ1n) is 4.09. The molecule has 1 unspecified atom stereocenters. The van der Waals surface area contributed by atoms with Gasteiger partial charge in [0.15, 0.2) is 0 Å². The molecule has 0 aliphatic carbocycles. The minimum atomic E-state index is -0.374. The summed E-state index contributed by atoms with van der Waals surface area (Å²) in [4.78, 5) is 14.6. The Morgan fingerprint density at radius 3 is 2.43 bits per heavy atom. The SMILES string of the molecule is CC(CC(N)=O)c1c(Cl)cncc1Cl. The molecular formula is C9H10Cl2N2O. The van der Waals surface area contributed by atoms with Crippen molar-refractivity contribution in [2.24, 2.45) is 5.73 Å². The van der Waals surface area contributed by atoms with E-state index in [-0.39, 0.29) is 18.2 Å². The lowest BCUT2D eigenvalue weighted by atomic mass is 9.98. The maximum absolute atomic E-state index is 10.7. The smallest absolute Gasteiger partial charge is 0.218 e. The molecular weight excluding hydrogens is 223 g/mol. The summed E-state index contributed by atoms with van der Waals surface area (Å²) in [6, 6.07) is 0. The summed E-state index contributed by atoms with van der Waals surface area (Å²) in [5, 5.41) is 0.928. The summed E-state index contributed by atoms with van der Waals surface area (Å²) in [7, 11) is 0. The number of aromatic nitrogens is 1. The van der Waals surface area contributed by atoms with Crippen molar-refractivity contribution in [3.8, 4) is 0 Å². The molecule has 0 aromatic carbocycles. The average Bonchev–Trinajstić information content (AvgIpc) is 2.01. The van der Waals surface area contributed by atoms with Crippen molar-refractivity contribution in [2.75, 3.05) is 0 Å². The van der Waals surface area contributed by atoms with Gasteiger partial charge in [-0.05, 0) is 11.5 Å². The van der Waals surface area contributed by atoms with Gasteiger partial charge in [0.05, 0.1) is 10.0 Å². The zero-order valence-corrected chi connectivity index (χ0v) is 9.14. The Balaban J connectivity index is 2.99. The molecule has 0 spiro atoms. The molecule has 1 atom stereocenters. The van der Waals surface area contributed by atoms with E-state index in [4.69, 9.17) is 28.9 Å². The molecule has 0 bridgehead atoms. The predicted octanol–water partition coefficient (Wildman–Crippen LogP) is 2.37. The van der Waals surface area contributed by atoms with Crippen LogP contribution in [0.15, 0.2) is 12.4 Å². The molecule has 1 heterocycles. The minimum absolute atomic E-state index is 0.0875. The molecule has 14 heavy (non-hydrogen) atoms. The number of amides is 1. The van der Waals surface area contributed by atoms with Crippen LogP contribution in [0, 0.1) is 0 Å². The van der Waals surface area contributed by atoms with Crippen molar-refractivity contribution in [3.63, 3.8) is 0 Å². The second kappa shape index (κ2) is 4.62. The number of nitrogens with zero attached hydrogens (tertiary/aromatic N) is 1. The van der Waals surface area contributed by atoms with Gasteiger partial charge in [-0.25, -0.2) is 0 Å². The number of primary amides is 1. The van der Waals surface area contributed by atoms with Crippen LogP contribution in [0.5, 0.6) is 0 Å². The van der Waals surface area contributed by atoms with Crippen LogP contribution in [0.3, 0.4) is 0 Å². The lowest BCUT2D eigenvalue weighted by Gasteiger charge is -2.12. The van der Waals surface area contributed by atoms with Gasteiger partial charge in [0.2, 0.25) is 5.91 Å². The molecule has 0 aliphatic heterocycles. The van der Waals surface area contributed by atoms with E-state index < -0.39 is 0 Å². The number of carbonyl (C=O) groups excluding carboxylic acids is 1. The van der Waals surface area contributed by atoms with Gasteiger partial charge in [-0.2, -0.15) is 0 Å². The number of halogens is 2. The summed E-state index contributed by atoms with van der Waals surface area (Å²) in [5.41, 5.74) is 5.81. The zero-order chi connectivity index (χ0) is 10.7. The van der Waals surface area contributed by atoms with Crippen molar-refractivity contribution in [3.05, 3.63) is 28.0 Å². The lowest BCUT2D eigenvalue weighted by Crippen LogP contribution is -2.14. The summed E-state index contributed by atoms with van der Waals surface area (Å²) in [5.74, 6) is -0.461. The van der Waals surface area contributed by atoms with Crippen LogP contribution in [0.1, 0.15) is 24.8 Å². The van der Waals surface area contributed by atoms with Crippen LogP contribution in [0.4, 0.5) is 0 Å². The summed E-state index contributed by atoms with van der Waals surface area (Å²) >= 11 is 11.8. The number of hydrogen-bond donors (Lipinski definition) is 1. The largest absolute Gasteiger partial charge is 0.370 e. The molecule has 1 aromatic rings. The van der Waals surface area contributed by atoms with Crippen molar-refractivity contribution in [2.45, 2.75) is 19.3 Å². The lowest BCUT2D eigenvalue weighted by molar-refractivity contribution is -0.118. The first-order chi connectivity index (χ1) is 6.52. The van der Waals surface area contributed by atoms with Gasteiger partial charge in [0.25, 0.3) is 0 Å². The molecule has 3 nitrogen and oxygen atoms in total. The fraction of sp³-hybridized carbons (Fsp3) is 0.333. The van der Waals surface area contributed by atoms with Gasteiger partial charge in [0.1, 0.15) is 0 Å². The second-order valence-electron chi connectivity index (χ2n) is 3.09. The van der Waals surface area contributed by atoms with Gasteiger partial charge < -0.3 is 5.73 Å². The van der Waals surface area contributed by atoms with Crippen LogP contribution in [-0.4, -0.2) is 10.9 Å². The maximum Gasteiger partial charge on any atom is 0.218 e. The molecule has 1 rings (SSSR count). The summed E-state index contributed by atoms with van der Waals surface area (Å²) in [6.07, 6.45) is 3.23. The molecule has 1 amide bonds. The molecule has 0 aliphatic rings. The van der Waals surface area contributed by atoms with Gasteiger partial charge in [-0.15, -0.1) is 0 Å². The highest BCUT2D eigenvalue weighted by Gasteiger charge is 2.15. The van der Waals surface area contributed by atoms with Gasteiger partial charge in [0, 0.05) is 18.8 Å². The molecule has 1 aromatic heterocycles. The Hall–Kier alpha value is -0.800.